The molecule has 3 nitrogen and oxygen atoms in total. The van der Waals surface area contributed by atoms with Gasteiger partial charge in [-0.3, -0.25) is 4.79 Å². The van der Waals surface area contributed by atoms with Crippen LogP contribution in [-0.2, 0) is 11.2 Å². The SMILES string of the molecule is N#Cc1ccc(CCC(=O)O)cc1Cl. The number of carboxylic acid groups (broad SMARTS) is 1. The Morgan fingerprint density at radius 1 is 1.57 bits per heavy atom. The number of halogens is 1. The molecule has 0 heterocycles. The number of carbonyl (C=O) groups is 1. The number of nitrogens with zero attached hydrogens (tertiary/aromatic N) is 1. The lowest BCUT2D eigenvalue weighted by atomic mass is 10.1. The van der Waals surface area contributed by atoms with Crippen LogP contribution in [0.3, 0.4) is 0 Å². The number of rotatable bonds is 3. The average Bonchev–Trinajstić information content (AvgIpc) is 2.15. The van der Waals surface area contributed by atoms with Crippen LogP contribution >= 0.6 is 11.6 Å². The van der Waals surface area contributed by atoms with Gasteiger partial charge < -0.3 is 5.11 Å². The molecule has 0 amide bonds. The van der Waals surface area contributed by atoms with E-state index >= 15 is 0 Å². The molecule has 14 heavy (non-hydrogen) atoms. The van der Waals surface area contributed by atoms with Crippen molar-refractivity contribution in [1.29, 1.82) is 5.26 Å². The zero-order valence-corrected chi connectivity index (χ0v) is 8.08. The number of benzene rings is 1. The van der Waals surface area contributed by atoms with E-state index in [2.05, 4.69) is 0 Å². The summed E-state index contributed by atoms with van der Waals surface area (Å²) in [6.45, 7) is 0. The molecule has 1 rings (SSSR count). The van der Waals surface area contributed by atoms with Gasteiger partial charge in [-0.05, 0) is 24.1 Å². The van der Waals surface area contributed by atoms with Gasteiger partial charge in [0.1, 0.15) is 6.07 Å². The van der Waals surface area contributed by atoms with Crippen molar-refractivity contribution in [2.45, 2.75) is 12.8 Å². The van der Waals surface area contributed by atoms with Gasteiger partial charge in [-0.2, -0.15) is 5.26 Å². The highest BCUT2D eigenvalue weighted by Gasteiger charge is 2.03. The summed E-state index contributed by atoms with van der Waals surface area (Å²) in [5.74, 6) is -0.842. The Kier molecular flexibility index (Phi) is 3.49. The fourth-order valence-electron chi connectivity index (χ4n) is 1.06. The van der Waals surface area contributed by atoms with Crippen LogP contribution in [0, 0.1) is 11.3 Å². The summed E-state index contributed by atoms with van der Waals surface area (Å²) >= 11 is 5.77. The topological polar surface area (TPSA) is 61.1 Å². The molecule has 1 aromatic carbocycles. The van der Waals surface area contributed by atoms with Gasteiger partial charge >= 0.3 is 5.97 Å². The molecule has 0 aliphatic rings. The fraction of sp³-hybridized carbons (Fsp3) is 0.200. The van der Waals surface area contributed by atoms with E-state index in [4.69, 9.17) is 22.0 Å². The van der Waals surface area contributed by atoms with Gasteiger partial charge in [0.15, 0.2) is 0 Å². The largest absolute Gasteiger partial charge is 0.481 e. The van der Waals surface area contributed by atoms with Gasteiger partial charge in [-0.1, -0.05) is 17.7 Å². The second kappa shape index (κ2) is 4.64. The molecular weight excluding hydrogens is 202 g/mol. The van der Waals surface area contributed by atoms with E-state index in [9.17, 15) is 4.79 Å². The third kappa shape index (κ3) is 2.75. The summed E-state index contributed by atoms with van der Waals surface area (Å²) in [4.78, 5) is 10.3. The number of carboxylic acids is 1. The first-order chi connectivity index (χ1) is 6.63. The lowest BCUT2D eigenvalue weighted by Crippen LogP contribution is -1.97. The maximum Gasteiger partial charge on any atom is 0.303 e. The second-order valence-electron chi connectivity index (χ2n) is 2.82. The predicted molar refractivity (Wildman–Crippen MR) is 52.1 cm³/mol. The minimum Gasteiger partial charge on any atom is -0.481 e. The third-order valence-electron chi connectivity index (χ3n) is 1.78. The van der Waals surface area contributed by atoms with Crippen molar-refractivity contribution in [2.24, 2.45) is 0 Å². The van der Waals surface area contributed by atoms with E-state index in [1.54, 1.807) is 18.2 Å². The van der Waals surface area contributed by atoms with Crippen LogP contribution in [0.5, 0.6) is 0 Å². The molecule has 0 bridgehead atoms. The smallest absolute Gasteiger partial charge is 0.303 e. The fourth-order valence-corrected chi connectivity index (χ4v) is 1.30. The average molecular weight is 210 g/mol. The Labute approximate surface area is 86.5 Å². The molecule has 0 saturated heterocycles. The predicted octanol–water partition coefficient (Wildman–Crippen LogP) is 2.23. The van der Waals surface area contributed by atoms with Gasteiger partial charge in [-0.15, -0.1) is 0 Å². The Balaban J connectivity index is 2.77. The van der Waals surface area contributed by atoms with Gasteiger partial charge in [0.25, 0.3) is 0 Å². The van der Waals surface area contributed by atoms with Crippen molar-refractivity contribution in [3.8, 4) is 6.07 Å². The molecule has 0 spiro atoms. The molecule has 0 atom stereocenters. The van der Waals surface area contributed by atoms with Crippen molar-refractivity contribution in [2.75, 3.05) is 0 Å². The van der Waals surface area contributed by atoms with Crippen LogP contribution in [0.25, 0.3) is 0 Å². The van der Waals surface area contributed by atoms with Gasteiger partial charge in [0, 0.05) is 6.42 Å². The van der Waals surface area contributed by atoms with Crippen molar-refractivity contribution >= 4 is 17.6 Å². The Morgan fingerprint density at radius 3 is 2.79 bits per heavy atom. The maximum absolute atomic E-state index is 10.3. The summed E-state index contributed by atoms with van der Waals surface area (Å²) in [6, 6.07) is 6.88. The lowest BCUT2D eigenvalue weighted by Gasteiger charge is -2.00. The Hall–Kier alpha value is -1.53. The molecule has 0 aromatic heterocycles. The summed E-state index contributed by atoms with van der Waals surface area (Å²) in [6.07, 6.45) is 0.503. The number of aryl methyl sites for hydroxylation is 1. The number of hydrogen-bond donors (Lipinski definition) is 1. The normalized spacial score (nSPS) is 9.43. The van der Waals surface area contributed by atoms with Gasteiger partial charge in [0.2, 0.25) is 0 Å². The number of hydrogen-bond acceptors (Lipinski definition) is 2. The van der Waals surface area contributed by atoms with E-state index in [0.29, 0.717) is 17.0 Å². The van der Waals surface area contributed by atoms with Crippen LogP contribution in [0.2, 0.25) is 5.02 Å². The van der Waals surface area contributed by atoms with Gasteiger partial charge in [-0.25, -0.2) is 0 Å². The van der Waals surface area contributed by atoms with Crippen LogP contribution in [0.15, 0.2) is 18.2 Å². The van der Waals surface area contributed by atoms with E-state index in [0.717, 1.165) is 5.56 Å². The molecule has 0 radical (unpaired) electrons. The van der Waals surface area contributed by atoms with Crippen molar-refractivity contribution in [3.63, 3.8) is 0 Å². The Bertz CT molecular complexity index is 396. The quantitative estimate of drug-likeness (QED) is 0.831. The lowest BCUT2D eigenvalue weighted by molar-refractivity contribution is -0.136. The molecule has 1 aromatic rings. The summed E-state index contributed by atoms with van der Waals surface area (Å²) in [7, 11) is 0. The van der Waals surface area contributed by atoms with Crippen LogP contribution in [-0.4, -0.2) is 11.1 Å². The number of nitriles is 1. The number of aliphatic carboxylic acids is 1. The molecule has 1 N–H and O–H groups in total. The summed E-state index contributed by atoms with van der Waals surface area (Å²) < 4.78 is 0. The first-order valence-corrected chi connectivity index (χ1v) is 4.41. The van der Waals surface area contributed by atoms with E-state index in [1.165, 1.54) is 0 Å². The molecule has 0 saturated carbocycles. The van der Waals surface area contributed by atoms with Crippen molar-refractivity contribution in [3.05, 3.63) is 34.3 Å². The van der Waals surface area contributed by atoms with E-state index in [1.807, 2.05) is 6.07 Å². The summed E-state index contributed by atoms with van der Waals surface area (Å²) in [5, 5.41) is 17.4. The van der Waals surface area contributed by atoms with Crippen LogP contribution in [0.1, 0.15) is 17.5 Å². The van der Waals surface area contributed by atoms with Crippen LogP contribution in [0.4, 0.5) is 0 Å². The highest BCUT2D eigenvalue weighted by molar-refractivity contribution is 6.31. The minimum atomic E-state index is -0.842. The zero-order chi connectivity index (χ0) is 10.6. The highest BCUT2D eigenvalue weighted by Crippen LogP contribution is 2.17. The van der Waals surface area contributed by atoms with Crippen LogP contribution < -0.4 is 0 Å². The molecular formula is C10H8ClNO2. The monoisotopic (exact) mass is 209 g/mol. The zero-order valence-electron chi connectivity index (χ0n) is 7.33. The van der Waals surface area contributed by atoms with E-state index in [-0.39, 0.29) is 6.42 Å². The summed E-state index contributed by atoms with van der Waals surface area (Å²) in [5.41, 5.74) is 1.24. The first kappa shape index (κ1) is 10.6. The molecule has 0 unspecified atom stereocenters. The first-order valence-electron chi connectivity index (χ1n) is 4.04. The Morgan fingerprint density at radius 2 is 2.29 bits per heavy atom. The second-order valence-corrected chi connectivity index (χ2v) is 3.23. The minimum absolute atomic E-state index is 0.0717. The molecule has 0 fully saturated rings. The molecule has 0 aliphatic heterocycles. The molecule has 72 valence electrons. The van der Waals surface area contributed by atoms with Crippen molar-refractivity contribution in [1.82, 2.24) is 0 Å². The molecule has 4 heteroatoms. The maximum atomic E-state index is 10.3. The van der Waals surface area contributed by atoms with Crippen molar-refractivity contribution < 1.29 is 9.90 Å². The standard InChI is InChI=1S/C10H8ClNO2/c11-9-5-7(2-4-10(13)14)1-3-8(9)6-12/h1,3,5H,2,4H2,(H,13,14). The third-order valence-corrected chi connectivity index (χ3v) is 2.09. The molecule has 0 aliphatic carbocycles. The van der Waals surface area contributed by atoms with E-state index < -0.39 is 5.97 Å². The van der Waals surface area contributed by atoms with Gasteiger partial charge in [0.05, 0.1) is 10.6 Å². The highest BCUT2D eigenvalue weighted by atomic mass is 35.5.